The molecule has 0 radical (unpaired) electrons. The molecule has 0 aliphatic rings. The van der Waals surface area contributed by atoms with Crippen LogP contribution in [0.4, 0.5) is 5.69 Å². The topological polar surface area (TPSA) is 87.8 Å². The molecule has 6 nitrogen and oxygen atoms in total. The lowest BCUT2D eigenvalue weighted by Gasteiger charge is -2.16. The largest absolute Gasteiger partial charge is 0.370 e. The van der Waals surface area contributed by atoms with E-state index in [4.69, 9.17) is 5.73 Å². The van der Waals surface area contributed by atoms with Crippen LogP contribution in [-0.4, -0.2) is 38.3 Å². The first-order chi connectivity index (χ1) is 12.8. The van der Waals surface area contributed by atoms with Crippen molar-refractivity contribution in [3.8, 4) is 0 Å². The summed E-state index contributed by atoms with van der Waals surface area (Å²) in [7, 11) is -3.39. The third kappa shape index (κ3) is 6.43. The molecule has 0 fully saturated rings. The maximum atomic E-state index is 12.5. The van der Waals surface area contributed by atoms with Gasteiger partial charge in [-0.1, -0.05) is 19.9 Å². The standard InChI is InChI=1S/C19H28N4O2S2.HI/c1-5-23(6-2)27(24,25)18-10-9-17(26-18)11-12-21-19(20)22-16-8-7-14(3)15(4)13-16;/h7-10,13H,5-6,11-12H2,1-4H3,(H3,20,21,22);1H. The van der Waals surface area contributed by atoms with Gasteiger partial charge in [0.05, 0.1) is 0 Å². The van der Waals surface area contributed by atoms with Crippen LogP contribution < -0.4 is 11.1 Å². The second-order valence-corrected chi connectivity index (χ2v) is 9.58. The third-order valence-corrected chi connectivity index (χ3v) is 8.02. The van der Waals surface area contributed by atoms with E-state index >= 15 is 0 Å². The van der Waals surface area contributed by atoms with E-state index < -0.39 is 10.0 Å². The molecule has 0 aliphatic carbocycles. The molecular weight excluding hydrogens is 507 g/mol. The van der Waals surface area contributed by atoms with Crippen LogP contribution >= 0.6 is 35.3 Å². The van der Waals surface area contributed by atoms with E-state index in [1.165, 1.54) is 26.8 Å². The zero-order chi connectivity index (χ0) is 20.0. The van der Waals surface area contributed by atoms with Crippen molar-refractivity contribution in [2.75, 3.05) is 25.0 Å². The zero-order valence-electron chi connectivity index (χ0n) is 16.7. The predicted molar refractivity (Wildman–Crippen MR) is 130 cm³/mol. The number of nitrogens with zero attached hydrogens (tertiary/aromatic N) is 2. The first kappa shape index (κ1) is 24.9. The van der Waals surface area contributed by atoms with Gasteiger partial charge in [0.15, 0.2) is 5.96 Å². The van der Waals surface area contributed by atoms with Gasteiger partial charge in [-0.3, -0.25) is 4.99 Å². The van der Waals surface area contributed by atoms with Crippen molar-refractivity contribution in [1.29, 1.82) is 0 Å². The molecule has 1 heterocycles. The Morgan fingerprint density at radius 2 is 1.82 bits per heavy atom. The van der Waals surface area contributed by atoms with Gasteiger partial charge in [-0.15, -0.1) is 35.3 Å². The van der Waals surface area contributed by atoms with Crippen molar-refractivity contribution in [3.05, 3.63) is 46.3 Å². The lowest BCUT2D eigenvalue weighted by atomic mass is 10.1. The SMILES string of the molecule is CCN(CC)S(=O)(=O)c1ccc(CCN=C(N)Nc2ccc(C)c(C)c2)s1.I. The Balaban J connectivity index is 0.00000392. The zero-order valence-corrected chi connectivity index (χ0v) is 20.7. The van der Waals surface area contributed by atoms with Gasteiger partial charge in [0.25, 0.3) is 10.0 Å². The summed E-state index contributed by atoms with van der Waals surface area (Å²) in [6, 6.07) is 9.56. The molecule has 3 N–H and O–H groups in total. The van der Waals surface area contributed by atoms with Crippen molar-refractivity contribution < 1.29 is 8.42 Å². The number of sulfonamides is 1. The Morgan fingerprint density at radius 3 is 2.43 bits per heavy atom. The number of halogens is 1. The number of anilines is 1. The van der Waals surface area contributed by atoms with Gasteiger partial charge >= 0.3 is 0 Å². The minimum Gasteiger partial charge on any atom is -0.370 e. The Hall–Kier alpha value is -1.17. The number of nitrogens with two attached hydrogens (primary N) is 1. The molecule has 1 aromatic heterocycles. The maximum Gasteiger partial charge on any atom is 0.252 e. The molecule has 156 valence electrons. The molecule has 0 unspecified atom stereocenters. The molecule has 0 aliphatic heterocycles. The predicted octanol–water partition coefficient (Wildman–Crippen LogP) is 3.98. The fraction of sp³-hybridized carbons (Fsp3) is 0.421. The summed E-state index contributed by atoms with van der Waals surface area (Å²) >= 11 is 1.30. The second kappa shape index (κ2) is 11.1. The Morgan fingerprint density at radius 1 is 1.14 bits per heavy atom. The Bertz CT molecular complexity index is 906. The molecule has 0 saturated carbocycles. The Labute approximate surface area is 189 Å². The van der Waals surface area contributed by atoms with Crippen LogP contribution in [0.2, 0.25) is 0 Å². The van der Waals surface area contributed by atoms with E-state index in [1.807, 2.05) is 38.1 Å². The number of aryl methyl sites for hydroxylation is 2. The number of benzene rings is 1. The van der Waals surface area contributed by atoms with Crippen LogP contribution in [0, 0.1) is 13.8 Å². The monoisotopic (exact) mass is 536 g/mol. The van der Waals surface area contributed by atoms with E-state index in [9.17, 15) is 8.42 Å². The molecule has 0 amide bonds. The van der Waals surface area contributed by atoms with Gasteiger partial charge < -0.3 is 11.1 Å². The van der Waals surface area contributed by atoms with Crippen molar-refractivity contribution in [1.82, 2.24) is 4.31 Å². The first-order valence-electron chi connectivity index (χ1n) is 9.01. The first-order valence-corrected chi connectivity index (χ1v) is 11.3. The number of rotatable bonds is 8. The van der Waals surface area contributed by atoms with Gasteiger partial charge in [-0.25, -0.2) is 8.42 Å². The summed E-state index contributed by atoms with van der Waals surface area (Å²) in [5.74, 6) is 0.353. The van der Waals surface area contributed by atoms with Gasteiger partial charge in [-0.05, 0) is 49.2 Å². The fourth-order valence-corrected chi connectivity index (χ4v) is 5.57. The van der Waals surface area contributed by atoms with Crippen molar-refractivity contribution in [2.24, 2.45) is 10.7 Å². The van der Waals surface area contributed by atoms with E-state index in [2.05, 4.69) is 24.2 Å². The van der Waals surface area contributed by atoms with Gasteiger partial charge in [0.2, 0.25) is 0 Å². The van der Waals surface area contributed by atoms with Crippen LogP contribution in [0.1, 0.15) is 29.9 Å². The Kier molecular flexibility index (Phi) is 9.88. The normalized spacial score (nSPS) is 12.1. The molecule has 1 aromatic carbocycles. The van der Waals surface area contributed by atoms with Crippen LogP contribution in [0.25, 0.3) is 0 Å². The van der Waals surface area contributed by atoms with E-state index in [-0.39, 0.29) is 24.0 Å². The van der Waals surface area contributed by atoms with Gasteiger partial charge in [-0.2, -0.15) is 4.31 Å². The second-order valence-electron chi connectivity index (χ2n) is 6.25. The average molecular weight is 537 g/mol. The molecule has 0 atom stereocenters. The van der Waals surface area contributed by atoms with Crippen molar-refractivity contribution in [2.45, 2.75) is 38.3 Å². The molecule has 28 heavy (non-hydrogen) atoms. The summed E-state index contributed by atoms with van der Waals surface area (Å²) < 4.78 is 26.9. The number of nitrogens with one attached hydrogen (secondary N) is 1. The molecule has 9 heteroatoms. The van der Waals surface area contributed by atoms with Crippen LogP contribution in [-0.2, 0) is 16.4 Å². The average Bonchev–Trinajstić information content (AvgIpc) is 3.09. The fourth-order valence-electron chi connectivity index (χ4n) is 2.62. The number of thiophene rings is 1. The van der Waals surface area contributed by atoms with Crippen LogP contribution in [0.5, 0.6) is 0 Å². The third-order valence-electron chi connectivity index (χ3n) is 4.36. The highest BCUT2D eigenvalue weighted by molar-refractivity contribution is 14.0. The van der Waals surface area contributed by atoms with Crippen molar-refractivity contribution in [3.63, 3.8) is 0 Å². The highest BCUT2D eigenvalue weighted by atomic mass is 127. The quantitative estimate of drug-likeness (QED) is 0.304. The number of hydrogen-bond donors (Lipinski definition) is 2. The minimum absolute atomic E-state index is 0. The molecular formula is C19H29IN4O2S2. The summed E-state index contributed by atoms with van der Waals surface area (Å²) in [6.07, 6.45) is 0.647. The lowest BCUT2D eigenvalue weighted by Crippen LogP contribution is -2.29. The van der Waals surface area contributed by atoms with Gasteiger partial charge in [0, 0.05) is 36.6 Å². The molecule has 2 aromatic rings. The summed E-state index contributed by atoms with van der Waals surface area (Å²) in [6.45, 7) is 9.23. The highest BCUT2D eigenvalue weighted by Gasteiger charge is 2.23. The lowest BCUT2D eigenvalue weighted by molar-refractivity contribution is 0.447. The summed E-state index contributed by atoms with van der Waals surface area (Å²) in [5.41, 5.74) is 9.27. The summed E-state index contributed by atoms with van der Waals surface area (Å²) in [4.78, 5) is 5.31. The van der Waals surface area contributed by atoms with E-state index in [0.29, 0.717) is 36.2 Å². The van der Waals surface area contributed by atoms with E-state index in [1.54, 1.807) is 6.07 Å². The molecule has 0 saturated heterocycles. The minimum atomic E-state index is -3.39. The smallest absolute Gasteiger partial charge is 0.252 e. The van der Waals surface area contributed by atoms with E-state index in [0.717, 1.165) is 10.6 Å². The molecule has 2 rings (SSSR count). The number of aliphatic imine (C=N–C) groups is 1. The maximum absolute atomic E-state index is 12.5. The summed E-state index contributed by atoms with van der Waals surface area (Å²) in [5, 5.41) is 3.08. The number of guanidine groups is 1. The molecule has 0 bridgehead atoms. The number of hydrogen-bond acceptors (Lipinski definition) is 4. The molecule has 0 spiro atoms. The van der Waals surface area contributed by atoms with Gasteiger partial charge in [0.1, 0.15) is 4.21 Å². The van der Waals surface area contributed by atoms with Crippen LogP contribution in [0.15, 0.2) is 39.5 Å². The van der Waals surface area contributed by atoms with Crippen LogP contribution in [0.3, 0.4) is 0 Å². The van der Waals surface area contributed by atoms with Crippen molar-refractivity contribution >= 4 is 57.0 Å². The highest BCUT2D eigenvalue weighted by Crippen LogP contribution is 2.25.